The third-order valence-corrected chi connectivity index (χ3v) is 6.53. The van der Waals surface area contributed by atoms with Crippen LogP contribution in [0.25, 0.3) is 0 Å². The molecular formula is C23H31N5O5. The molecule has 1 aromatic heterocycles. The van der Waals surface area contributed by atoms with Crippen molar-refractivity contribution in [1.82, 2.24) is 25.5 Å². The van der Waals surface area contributed by atoms with Crippen LogP contribution in [0.4, 0.5) is 0 Å². The van der Waals surface area contributed by atoms with Crippen LogP contribution in [0, 0.1) is 0 Å². The van der Waals surface area contributed by atoms with Gasteiger partial charge in [-0.05, 0) is 25.0 Å². The standard InChI is InChI=1S/C23H31N5O5/c1-31-17-12-15(13-18(32-2)20(17)33-3)22(30)24-8-5-19(29)28-10-6-23(7-11-28)21-16(4-9-27-23)25-14-26-21/h12-14,27H,4-11H2,1-3H3,(H,24,30)(H,25,26). The highest BCUT2D eigenvalue weighted by Crippen LogP contribution is 2.38. The Morgan fingerprint density at radius 3 is 2.45 bits per heavy atom. The number of likely N-dealkylation sites (tertiary alicyclic amines) is 1. The van der Waals surface area contributed by atoms with Gasteiger partial charge < -0.3 is 34.7 Å². The summed E-state index contributed by atoms with van der Waals surface area (Å²) in [5.74, 6) is 0.947. The first-order valence-electron chi connectivity index (χ1n) is 11.1. The number of benzene rings is 1. The lowest BCUT2D eigenvalue weighted by molar-refractivity contribution is -0.132. The lowest BCUT2D eigenvalue weighted by atomic mass is 9.80. The molecule has 0 aliphatic carbocycles. The van der Waals surface area contributed by atoms with Crippen LogP contribution in [-0.2, 0) is 16.8 Å². The zero-order valence-electron chi connectivity index (χ0n) is 19.3. The van der Waals surface area contributed by atoms with Crippen molar-refractivity contribution in [3.05, 3.63) is 35.4 Å². The summed E-state index contributed by atoms with van der Waals surface area (Å²) in [6, 6.07) is 3.17. The van der Waals surface area contributed by atoms with Gasteiger partial charge in [-0.2, -0.15) is 0 Å². The Labute approximate surface area is 193 Å². The second-order valence-electron chi connectivity index (χ2n) is 8.29. The van der Waals surface area contributed by atoms with E-state index in [1.165, 1.54) is 27.0 Å². The summed E-state index contributed by atoms with van der Waals surface area (Å²) in [6.45, 7) is 2.49. The number of hydrogen-bond donors (Lipinski definition) is 3. The first-order valence-corrected chi connectivity index (χ1v) is 11.1. The number of aromatic nitrogens is 2. The summed E-state index contributed by atoms with van der Waals surface area (Å²) in [5, 5.41) is 6.44. The highest BCUT2D eigenvalue weighted by Gasteiger charge is 2.41. The molecule has 3 N–H and O–H groups in total. The molecule has 3 heterocycles. The quantitative estimate of drug-likeness (QED) is 0.572. The van der Waals surface area contributed by atoms with Crippen LogP contribution >= 0.6 is 0 Å². The van der Waals surface area contributed by atoms with Crippen molar-refractivity contribution in [3.8, 4) is 17.2 Å². The summed E-state index contributed by atoms with van der Waals surface area (Å²) in [7, 11) is 4.50. The Morgan fingerprint density at radius 1 is 1.12 bits per heavy atom. The number of nitrogens with zero attached hydrogens (tertiary/aromatic N) is 2. The predicted molar refractivity (Wildman–Crippen MR) is 121 cm³/mol. The number of amides is 2. The minimum Gasteiger partial charge on any atom is -0.493 e. The Bertz CT molecular complexity index is 987. The molecule has 0 saturated carbocycles. The maximum absolute atomic E-state index is 12.7. The van der Waals surface area contributed by atoms with Crippen LogP contribution in [0.5, 0.6) is 17.2 Å². The zero-order valence-corrected chi connectivity index (χ0v) is 19.3. The van der Waals surface area contributed by atoms with Gasteiger partial charge >= 0.3 is 0 Å². The van der Waals surface area contributed by atoms with Gasteiger partial charge in [0.2, 0.25) is 11.7 Å². The van der Waals surface area contributed by atoms with Gasteiger partial charge in [0.05, 0.1) is 38.9 Å². The molecule has 178 valence electrons. The maximum atomic E-state index is 12.7. The first kappa shape index (κ1) is 22.9. The van der Waals surface area contributed by atoms with E-state index in [1.807, 2.05) is 4.90 Å². The number of imidazole rings is 1. The van der Waals surface area contributed by atoms with Gasteiger partial charge in [0.15, 0.2) is 11.5 Å². The molecule has 0 radical (unpaired) electrons. The van der Waals surface area contributed by atoms with Gasteiger partial charge in [-0.15, -0.1) is 0 Å². The van der Waals surface area contributed by atoms with Crippen molar-refractivity contribution >= 4 is 11.8 Å². The summed E-state index contributed by atoms with van der Waals surface area (Å²) >= 11 is 0. The second kappa shape index (κ2) is 9.70. The molecule has 10 nitrogen and oxygen atoms in total. The maximum Gasteiger partial charge on any atom is 0.251 e. The van der Waals surface area contributed by atoms with Gasteiger partial charge in [-0.25, -0.2) is 4.98 Å². The van der Waals surface area contributed by atoms with Crippen LogP contribution in [0.1, 0.15) is 41.0 Å². The van der Waals surface area contributed by atoms with E-state index in [4.69, 9.17) is 14.2 Å². The van der Waals surface area contributed by atoms with Crippen molar-refractivity contribution in [2.45, 2.75) is 31.2 Å². The van der Waals surface area contributed by atoms with E-state index in [9.17, 15) is 9.59 Å². The minimum atomic E-state index is -0.308. The van der Waals surface area contributed by atoms with Crippen molar-refractivity contribution in [2.75, 3.05) is 47.5 Å². The number of rotatable bonds is 7. The first-order chi connectivity index (χ1) is 16.0. The fraction of sp³-hybridized carbons (Fsp3) is 0.522. The number of aromatic amines is 1. The van der Waals surface area contributed by atoms with Gasteiger partial charge in [0.25, 0.3) is 5.91 Å². The van der Waals surface area contributed by atoms with E-state index in [2.05, 4.69) is 20.6 Å². The second-order valence-corrected chi connectivity index (χ2v) is 8.29. The number of H-pyrrole nitrogens is 1. The van der Waals surface area contributed by atoms with Crippen LogP contribution in [-0.4, -0.2) is 74.2 Å². The molecule has 0 unspecified atom stereocenters. The molecule has 1 saturated heterocycles. The monoisotopic (exact) mass is 457 g/mol. The molecular weight excluding hydrogens is 426 g/mol. The Hall–Kier alpha value is -3.27. The van der Waals surface area contributed by atoms with Crippen molar-refractivity contribution in [3.63, 3.8) is 0 Å². The van der Waals surface area contributed by atoms with E-state index in [1.54, 1.807) is 18.5 Å². The SMILES string of the molecule is COc1cc(C(=O)NCCC(=O)N2CCC3(CC2)NCCc2[nH]cnc23)cc(OC)c1OC. The largest absolute Gasteiger partial charge is 0.493 e. The topological polar surface area (TPSA) is 118 Å². The lowest BCUT2D eigenvalue weighted by Crippen LogP contribution is -2.55. The van der Waals surface area contributed by atoms with Gasteiger partial charge in [-0.3, -0.25) is 9.59 Å². The third-order valence-electron chi connectivity index (χ3n) is 6.53. The van der Waals surface area contributed by atoms with Crippen LogP contribution in [0.3, 0.4) is 0 Å². The zero-order chi connectivity index (χ0) is 23.4. The molecule has 2 aromatic rings. The van der Waals surface area contributed by atoms with Crippen LogP contribution in [0.2, 0.25) is 0 Å². The molecule has 0 atom stereocenters. The molecule has 10 heteroatoms. The number of piperidine rings is 1. The van der Waals surface area contributed by atoms with E-state index in [0.717, 1.165) is 31.5 Å². The Balaban J connectivity index is 1.30. The number of carbonyl (C=O) groups excluding carboxylic acids is 2. The smallest absolute Gasteiger partial charge is 0.251 e. The number of nitrogens with one attached hydrogen (secondary N) is 3. The molecule has 2 amide bonds. The van der Waals surface area contributed by atoms with Crippen LogP contribution < -0.4 is 24.8 Å². The van der Waals surface area contributed by atoms with Crippen molar-refractivity contribution in [2.24, 2.45) is 0 Å². The van der Waals surface area contributed by atoms with Gasteiger partial charge in [0.1, 0.15) is 0 Å². The van der Waals surface area contributed by atoms with E-state index >= 15 is 0 Å². The fourth-order valence-corrected chi connectivity index (χ4v) is 4.74. The number of fused-ring (bicyclic) bond motifs is 2. The minimum absolute atomic E-state index is 0.0353. The molecule has 0 bridgehead atoms. The number of carbonyl (C=O) groups is 2. The van der Waals surface area contributed by atoms with Gasteiger partial charge in [-0.1, -0.05) is 0 Å². The average Bonchev–Trinajstić information content (AvgIpc) is 3.34. The van der Waals surface area contributed by atoms with E-state index < -0.39 is 0 Å². The summed E-state index contributed by atoms with van der Waals surface area (Å²) in [6.07, 6.45) is 4.60. The molecule has 1 spiro atoms. The Kier molecular flexibility index (Phi) is 6.73. The Morgan fingerprint density at radius 2 is 1.82 bits per heavy atom. The molecule has 1 fully saturated rings. The normalized spacial score (nSPS) is 16.8. The lowest BCUT2D eigenvalue weighted by Gasteiger charge is -2.44. The molecule has 33 heavy (non-hydrogen) atoms. The van der Waals surface area contributed by atoms with Crippen molar-refractivity contribution in [1.29, 1.82) is 0 Å². The summed E-state index contributed by atoms with van der Waals surface area (Å²) in [4.78, 5) is 35.0. The highest BCUT2D eigenvalue weighted by molar-refractivity contribution is 5.95. The van der Waals surface area contributed by atoms with E-state index in [0.29, 0.717) is 35.9 Å². The van der Waals surface area contributed by atoms with Crippen LogP contribution in [0.15, 0.2) is 18.5 Å². The van der Waals surface area contributed by atoms with Gasteiger partial charge in [0, 0.05) is 50.3 Å². The average molecular weight is 458 g/mol. The fourth-order valence-electron chi connectivity index (χ4n) is 4.74. The predicted octanol–water partition coefficient (Wildman–Crippen LogP) is 1.22. The number of ether oxygens (including phenoxy) is 3. The number of hydrogen-bond acceptors (Lipinski definition) is 7. The molecule has 1 aromatic carbocycles. The van der Waals surface area contributed by atoms with Crippen molar-refractivity contribution < 1.29 is 23.8 Å². The third kappa shape index (κ3) is 4.47. The summed E-state index contributed by atoms with van der Waals surface area (Å²) in [5.41, 5.74) is 2.52. The number of methoxy groups -OCH3 is 3. The molecule has 4 rings (SSSR count). The summed E-state index contributed by atoms with van der Waals surface area (Å²) < 4.78 is 15.9. The molecule has 2 aliphatic rings. The molecule has 2 aliphatic heterocycles. The highest BCUT2D eigenvalue weighted by atomic mass is 16.5. The van der Waals surface area contributed by atoms with E-state index in [-0.39, 0.29) is 30.3 Å².